The number of hydrogen-bond donors (Lipinski definition) is 1. The lowest BCUT2D eigenvalue weighted by atomic mass is 9.74. The third-order valence-corrected chi connectivity index (χ3v) is 4.02. The molecular formula is C15H23NO. The van der Waals surface area contributed by atoms with Crippen LogP contribution in [0.15, 0.2) is 24.3 Å². The molecule has 1 aromatic rings. The number of benzene rings is 1. The molecule has 0 fully saturated rings. The first kappa shape index (κ1) is 12.6. The molecule has 0 saturated carbocycles. The summed E-state index contributed by atoms with van der Waals surface area (Å²) in [6.07, 6.45) is 3.80. The summed E-state index contributed by atoms with van der Waals surface area (Å²) in [5.74, 6) is 0.716. The van der Waals surface area contributed by atoms with E-state index in [2.05, 4.69) is 36.5 Å². The Morgan fingerprint density at radius 3 is 2.76 bits per heavy atom. The second-order valence-corrected chi connectivity index (χ2v) is 4.91. The summed E-state index contributed by atoms with van der Waals surface area (Å²) >= 11 is 0. The van der Waals surface area contributed by atoms with E-state index in [4.69, 9.17) is 4.74 Å². The number of nitrogens with one attached hydrogen (secondary N) is 1. The highest BCUT2D eigenvalue weighted by molar-refractivity contribution is 5.39. The second-order valence-electron chi connectivity index (χ2n) is 4.91. The maximum Gasteiger partial charge on any atom is 0.0721 e. The molecule has 1 aliphatic rings. The first-order chi connectivity index (χ1) is 8.30. The Balaban J connectivity index is 1.98. The summed E-state index contributed by atoms with van der Waals surface area (Å²) in [5.41, 5.74) is 3.07. The lowest BCUT2D eigenvalue weighted by Gasteiger charge is -2.35. The zero-order valence-electron chi connectivity index (χ0n) is 11.1. The van der Waals surface area contributed by atoms with Gasteiger partial charge < -0.3 is 10.1 Å². The highest BCUT2D eigenvalue weighted by atomic mass is 16.5. The summed E-state index contributed by atoms with van der Waals surface area (Å²) in [5, 5.41) is 3.41. The Morgan fingerprint density at radius 1 is 1.41 bits per heavy atom. The van der Waals surface area contributed by atoms with Gasteiger partial charge in [0.25, 0.3) is 0 Å². The van der Waals surface area contributed by atoms with Crippen molar-refractivity contribution in [3.8, 4) is 0 Å². The van der Waals surface area contributed by atoms with Crippen LogP contribution < -0.4 is 5.32 Å². The molecule has 0 bridgehead atoms. The van der Waals surface area contributed by atoms with Gasteiger partial charge in [0.2, 0.25) is 0 Å². The van der Waals surface area contributed by atoms with Crippen molar-refractivity contribution < 1.29 is 4.74 Å². The van der Waals surface area contributed by atoms with Crippen LogP contribution in [0.1, 0.15) is 36.8 Å². The van der Waals surface area contributed by atoms with Crippen LogP contribution in [0.2, 0.25) is 0 Å². The van der Waals surface area contributed by atoms with Crippen LogP contribution in [-0.2, 0) is 11.2 Å². The number of rotatable bonds is 6. The van der Waals surface area contributed by atoms with E-state index in [0.29, 0.717) is 18.1 Å². The van der Waals surface area contributed by atoms with Gasteiger partial charge in [-0.3, -0.25) is 0 Å². The van der Waals surface area contributed by atoms with E-state index in [9.17, 15) is 0 Å². The Labute approximate surface area is 104 Å². The van der Waals surface area contributed by atoms with E-state index in [0.717, 1.165) is 6.42 Å². The third kappa shape index (κ3) is 2.53. The summed E-state index contributed by atoms with van der Waals surface area (Å²) in [6, 6.07) is 9.25. The van der Waals surface area contributed by atoms with Crippen molar-refractivity contribution in [1.29, 1.82) is 0 Å². The van der Waals surface area contributed by atoms with Gasteiger partial charge in [-0.15, -0.1) is 0 Å². The fourth-order valence-electron chi connectivity index (χ4n) is 2.95. The molecule has 2 rings (SSSR count). The molecule has 0 radical (unpaired) electrons. The Hall–Kier alpha value is -0.860. The Bertz CT molecular complexity index is 360. The molecule has 0 heterocycles. The van der Waals surface area contributed by atoms with E-state index in [1.165, 1.54) is 18.4 Å². The van der Waals surface area contributed by atoms with Gasteiger partial charge in [0, 0.05) is 13.2 Å². The molecule has 0 saturated heterocycles. The highest BCUT2D eigenvalue weighted by Gasteiger charge is 2.30. The van der Waals surface area contributed by atoms with E-state index < -0.39 is 0 Å². The van der Waals surface area contributed by atoms with Crippen molar-refractivity contribution in [2.75, 3.05) is 14.2 Å². The monoisotopic (exact) mass is 233 g/mol. The molecular weight excluding hydrogens is 210 g/mol. The molecule has 3 unspecified atom stereocenters. The zero-order chi connectivity index (χ0) is 12.3. The summed E-state index contributed by atoms with van der Waals surface area (Å²) in [7, 11) is 3.85. The molecule has 1 aliphatic carbocycles. The zero-order valence-corrected chi connectivity index (χ0v) is 11.1. The van der Waals surface area contributed by atoms with Gasteiger partial charge in [-0.25, -0.2) is 0 Å². The predicted molar refractivity (Wildman–Crippen MR) is 71.4 cm³/mol. The molecule has 0 aliphatic heterocycles. The van der Waals surface area contributed by atoms with Crippen molar-refractivity contribution in [2.24, 2.45) is 0 Å². The molecule has 1 aromatic carbocycles. The fourth-order valence-corrected chi connectivity index (χ4v) is 2.95. The molecule has 2 heteroatoms. The van der Waals surface area contributed by atoms with Crippen LogP contribution in [0, 0.1) is 0 Å². The van der Waals surface area contributed by atoms with E-state index in [1.54, 1.807) is 5.56 Å². The van der Waals surface area contributed by atoms with Crippen molar-refractivity contribution in [3.05, 3.63) is 35.4 Å². The number of likely N-dealkylation sites (N-methyl/N-ethyl adjacent to an activating group) is 1. The molecule has 3 atom stereocenters. The molecule has 2 nitrogen and oxygen atoms in total. The second kappa shape index (κ2) is 5.65. The first-order valence-electron chi connectivity index (χ1n) is 6.58. The molecule has 0 aromatic heterocycles. The van der Waals surface area contributed by atoms with E-state index in [-0.39, 0.29) is 0 Å². The van der Waals surface area contributed by atoms with Gasteiger partial charge in [-0.1, -0.05) is 31.2 Å². The number of ether oxygens (including phenoxy) is 1. The van der Waals surface area contributed by atoms with Crippen LogP contribution in [-0.4, -0.2) is 26.3 Å². The molecule has 0 spiro atoms. The van der Waals surface area contributed by atoms with Crippen molar-refractivity contribution in [1.82, 2.24) is 5.32 Å². The normalized spacial score (nSPS) is 21.5. The smallest absolute Gasteiger partial charge is 0.0721 e. The molecule has 17 heavy (non-hydrogen) atoms. The molecule has 94 valence electrons. The van der Waals surface area contributed by atoms with Gasteiger partial charge in [-0.2, -0.15) is 0 Å². The lowest BCUT2D eigenvalue weighted by molar-refractivity contribution is 0.0618. The molecule has 0 amide bonds. The Morgan fingerprint density at radius 2 is 2.18 bits per heavy atom. The summed E-state index contributed by atoms with van der Waals surface area (Å²) < 4.78 is 5.55. The van der Waals surface area contributed by atoms with Crippen LogP contribution in [0.4, 0.5) is 0 Å². The van der Waals surface area contributed by atoms with Gasteiger partial charge >= 0.3 is 0 Å². The standard InChI is InChI=1S/C15H23NO/c1-4-15(17-3)14(16-2)10-12-9-11-7-5-6-8-13(11)12/h5-8,12,14-16H,4,9-10H2,1-3H3. The van der Waals surface area contributed by atoms with Crippen LogP contribution in [0.5, 0.6) is 0 Å². The van der Waals surface area contributed by atoms with E-state index in [1.807, 2.05) is 14.2 Å². The van der Waals surface area contributed by atoms with Crippen molar-refractivity contribution in [2.45, 2.75) is 44.2 Å². The number of hydrogen-bond acceptors (Lipinski definition) is 2. The fraction of sp³-hybridized carbons (Fsp3) is 0.600. The van der Waals surface area contributed by atoms with Crippen LogP contribution in [0.25, 0.3) is 0 Å². The average molecular weight is 233 g/mol. The van der Waals surface area contributed by atoms with Crippen molar-refractivity contribution >= 4 is 0 Å². The van der Waals surface area contributed by atoms with Crippen LogP contribution >= 0.6 is 0 Å². The minimum atomic E-state index is 0.327. The molecule has 1 N–H and O–H groups in total. The maximum absolute atomic E-state index is 5.55. The minimum Gasteiger partial charge on any atom is -0.380 e. The third-order valence-electron chi connectivity index (χ3n) is 4.02. The SMILES string of the molecule is CCC(OC)C(CC1Cc2ccccc21)NC. The van der Waals surface area contributed by atoms with Gasteiger partial charge in [0.1, 0.15) is 0 Å². The quantitative estimate of drug-likeness (QED) is 0.815. The average Bonchev–Trinajstić information content (AvgIpc) is 2.34. The van der Waals surface area contributed by atoms with Gasteiger partial charge in [-0.05, 0) is 43.4 Å². The first-order valence-corrected chi connectivity index (χ1v) is 6.58. The Kier molecular flexibility index (Phi) is 4.19. The van der Waals surface area contributed by atoms with Gasteiger partial charge in [0.05, 0.1) is 6.10 Å². The predicted octanol–water partition coefficient (Wildman–Crippen LogP) is 2.73. The summed E-state index contributed by atoms with van der Waals surface area (Å²) in [4.78, 5) is 0. The number of fused-ring (bicyclic) bond motifs is 1. The van der Waals surface area contributed by atoms with Crippen LogP contribution in [0.3, 0.4) is 0 Å². The largest absolute Gasteiger partial charge is 0.380 e. The van der Waals surface area contributed by atoms with Gasteiger partial charge in [0.15, 0.2) is 0 Å². The van der Waals surface area contributed by atoms with E-state index >= 15 is 0 Å². The topological polar surface area (TPSA) is 21.3 Å². The minimum absolute atomic E-state index is 0.327. The summed E-state index contributed by atoms with van der Waals surface area (Å²) in [6.45, 7) is 2.19. The maximum atomic E-state index is 5.55. The van der Waals surface area contributed by atoms with Crippen molar-refractivity contribution in [3.63, 3.8) is 0 Å². The number of methoxy groups -OCH3 is 1. The highest BCUT2D eigenvalue weighted by Crippen LogP contribution is 2.38. The lowest BCUT2D eigenvalue weighted by Crippen LogP contribution is -2.41.